The van der Waals surface area contributed by atoms with Gasteiger partial charge in [0.15, 0.2) is 0 Å². The lowest BCUT2D eigenvalue weighted by molar-refractivity contribution is 0.174. The van der Waals surface area contributed by atoms with Gasteiger partial charge in [-0.2, -0.15) is 0 Å². The van der Waals surface area contributed by atoms with E-state index in [0.29, 0.717) is 12.5 Å². The molecule has 1 aliphatic heterocycles. The van der Waals surface area contributed by atoms with Gasteiger partial charge in [-0.25, -0.2) is 0 Å². The zero-order valence-electron chi connectivity index (χ0n) is 11.3. The molecular formula is C17H19NOS. The minimum atomic E-state index is -0.430. The van der Waals surface area contributed by atoms with Gasteiger partial charge in [0, 0.05) is 29.7 Å². The zero-order chi connectivity index (χ0) is 13.8. The maximum absolute atomic E-state index is 10.1. The minimum absolute atomic E-state index is 0.430. The predicted octanol–water partition coefficient (Wildman–Crippen LogP) is 3.20. The summed E-state index contributed by atoms with van der Waals surface area (Å²) in [5.41, 5.74) is 2.42. The fourth-order valence-corrected chi connectivity index (χ4v) is 3.84. The van der Waals surface area contributed by atoms with Gasteiger partial charge in [0.1, 0.15) is 0 Å². The topological polar surface area (TPSA) is 32.3 Å². The Bertz CT molecular complexity index is 558. The van der Waals surface area contributed by atoms with Crippen LogP contribution in [0, 0.1) is 0 Å². The molecule has 2 nitrogen and oxygen atoms in total. The Kier molecular flexibility index (Phi) is 4.41. The van der Waals surface area contributed by atoms with Gasteiger partial charge < -0.3 is 10.4 Å². The zero-order valence-corrected chi connectivity index (χ0v) is 12.1. The molecule has 0 aliphatic carbocycles. The maximum Gasteiger partial charge on any atom is 0.0914 e. The van der Waals surface area contributed by atoms with Gasteiger partial charge in [0.25, 0.3) is 0 Å². The molecule has 0 amide bonds. The summed E-state index contributed by atoms with van der Waals surface area (Å²) in [6, 6.07) is 18.4. The molecule has 3 heteroatoms. The highest BCUT2D eigenvalue weighted by atomic mass is 32.2. The average molecular weight is 285 g/mol. The molecule has 2 atom stereocenters. The Balaban J connectivity index is 1.52. The van der Waals surface area contributed by atoms with Crippen LogP contribution in [-0.2, 0) is 0 Å². The number of aliphatic hydroxyl groups excluding tert-OH is 1. The third kappa shape index (κ3) is 3.06. The average Bonchev–Trinajstić information content (AvgIpc) is 2.92. The Hall–Kier alpha value is -1.29. The summed E-state index contributed by atoms with van der Waals surface area (Å²) < 4.78 is 0. The van der Waals surface area contributed by atoms with Crippen LogP contribution in [0.25, 0.3) is 0 Å². The Labute approximate surface area is 124 Å². The summed E-state index contributed by atoms with van der Waals surface area (Å²) in [6.45, 7) is 1.53. The lowest BCUT2D eigenvalue weighted by atomic mass is 10.0. The number of benzene rings is 2. The first-order valence-corrected chi connectivity index (χ1v) is 7.98. The van der Waals surface area contributed by atoms with Crippen molar-refractivity contribution in [3.8, 4) is 0 Å². The summed E-state index contributed by atoms with van der Waals surface area (Å²) in [7, 11) is 0. The standard InChI is InChI=1S/C17H19NOS/c19-16(13-6-2-1-3-7-13)11-18-10-14-12-20-17-9-5-4-8-15(14)17/h1-9,14,16,18-19H,10-12H2. The Morgan fingerprint density at radius 2 is 1.85 bits per heavy atom. The van der Waals surface area contributed by atoms with E-state index in [1.807, 2.05) is 42.1 Å². The van der Waals surface area contributed by atoms with Crippen molar-refractivity contribution >= 4 is 11.8 Å². The highest BCUT2D eigenvalue weighted by Gasteiger charge is 2.22. The normalized spacial score (nSPS) is 18.8. The lowest BCUT2D eigenvalue weighted by Crippen LogP contribution is -2.26. The number of nitrogens with one attached hydrogen (secondary N) is 1. The summed E-state index contributed by atoms with van der Waals surface area (Å²) in [4.78, 5) is 1.41. The number of thioether (sulfide) groups is 1. The number of hydrogen-bond donors (Lipinski definition) is 2. The van der Waals surface area contributed by atoms with Crippen LogP contribution < -0.4 is 5.32 Å². The maximum atomic E-state index is 10.1. The van der Waals surface area contributed by atoms with E-state index < -0.39 is 6.10 Å². The van der Waals surface area contributed by atoms with E-state index in [-0.39, 0.29) is 0 Å². The van der Waals surface area contributed by atoms with Crippen molar-refractivity contribution < 1.29 is 5.11 Å². The van der Waals surface area contributed by atoms with Crippen LogP contribution in [0.3, 0.4) is 0 Å². The largest absolute Gasteiger partial charge is 0.387 e. The van der Waals surface area contributed by atoms with Crippen LogP contribution in [0.15, 0.2) is 59.5 Å². The molecule has 0 bridgehead atoms. The third-order valence-electron chi connectivity index (χ3n) is 3.71. The quantitative estimate of drug-likeness (QED) is 0.885. The van der Waals surface area contributed by atoms with E-state index in [9.17, 15) is 5.11 Å². The van der Waals surface area contributed by atoms with Crippen LogP contribution in [0.2, 0.25) is 0 Å². The monoisotopic (exact) mass is 285 g/mol. The highest BCUT2D eigenvalue weighted by Crippen LogP contribution is 2.38. The van der Waals surface area contributed by atoms with Gasteiger partial charge in [-0.3, -0.25) is 0 Å². The second-order valence-corrected chi connectivity index (χ2v) is 6.19. The van der Waals surface area contributed by atoms with Crippen molar-refractivity contribution in [3.63, 3.8) is 0 Å². The predicted molar refractivity (Wildman–Crippen MR) is 84.2 cm³/mol. The van der Waals surface area contributed by atoms with Crippen LogP contribution >= 0.6 is 11.8 Å². The van der Waals surface area contributed by atoms with Gasteiger partial charge in [0.05, 0.1) is 6.10 Å². The molecule has 0 radical (unpaired) electrons. The second-order valence-electron chi connectivity index (χ2n) is 5.13. The van der Waals surface area contributed by atoms with E-state index in [1.54, 1.807) is 0 Å². The summed E-state index contributed by atoms with van der Waals surface area (Å²) in [6.07, 6.45) is -0.430. The first-order chi connectivity index (χ1) is 9.84. The van der Waals surface area contributed by atoms with E-state index in [1.165, 1.54) is 10.5 Å². The van der Waals surface area contributed by atoms with Crippen LogP contribution in [-0.4, -0.2) is 23.9 Å². The van der Waals surface area contributed by atoms with Gasteiger partial charge >= 0.3 is 0 Å². The lowest BCUT2D eigenvalue weighted by Gasteiger charge is -2.15. The smallest absolute Gasteiger partial charge is 0.0914 e. The molecular weight excluding hydrogens is 266 g/mol. The minimum Gasteiger partial charge on any atom is -0.387 e. The van der Waals surface area contributed by atoms with E-state index >= 15 is 0 Å². The van der Waals surface area contributed by atoms with Crippen molar-refractivity contribution in [2.45, 2.75) is 16.9 Å². The first-order valence-electron chi connectivity index (χ1n) is 7.00. The van der Waals surface area contributed by atoms with E-state index in [2.05, 4.69) is 29.6 Å². The van der Waals surface area contributed by atoms with Crippen molar-refractivity contribution in [2.75, 3.05) is 18.8 Å². The highest BCUT2D eigenvalue weighted by molar-refractivity contribution is 7.99. The molecule has 0 aromatic heterocycles. The van der Waals surface area contributed by atoms with Gasteiger partial charge in [-0.05, 0) is 17.2 Å². The van der Waals surface area contributed by atoms with Crippen molar-refractivity contribution in [1.29, 1.82) is 0 Å². The molecule has 20 heavy (non-hydrogen) atoms. The molecule has 3 rings (SSSR count). The summed E-state index contributed by atoms with van der Waals surface area (Å²) in [5, 5.41) is 13.5. The molecule has 0 spiro atoms. The van der Waals surface area contributed by atoms with Crippen molar-refractivity contribution in [3.05, 3.63) is 65.7 Å². The van der Waals surface area contributed by atoms with Gasteiger partial charge in [-0.1, -0.05) is 48.5 Å². The number of hydrogen-bond acceptors (Lipinski definition) is 3. The van der Waals surface area contributed by atoms with Gasteiger partial charge in [-0.15, -0.1) is 11.8 Å². The molecule has 2 aromatic carbocycles. The number of rotatable bonds is 5. The fraction of sp³-hybridized carbons (Fsp3) is 0.294. The fourth-order valence-electron chi connectivity index (χ4n) is 2.59. The van der Waals surface area contributed by atoms with E-state index in [4.69, 9.17) is 0 Å². The third-order valence-corrected chi connectivity index (χ3v) is 4.96. The van der Waals surface area contributed by atoms with Crippen LogP contribution in [0.1, 0.15) is 23.1 Å². The molecule has 2 N–H and O–H groups in total. The molecule has 1 aliphatic rings. The Morgan fingerprint density at radius 3 is 2.70 bits per heavy atom. The van der Waals surface area contributed by atoms with Crippen LogP contribution in [0.5, 0.6) is 0 Å². The molecule has 2 unspecified atom stereocenters. The molecule has 0 saturated carbocycles. The number of fused-ring (bicyclic) bond motifs is 1. The molecule has 0 saturated heterocycles. The van der Waals surface area contributed by atoms with Crippen molar-refractivity contribution in [2.24, 2.45) is 0 Å². The Morgan fingerprint density at radius 1 is 1.10 bits per heavy atom. The number of aliphatic hydroxyl groups is 1. The SMILES string of the molecule is OC(CNCC1CSc2ccccc21)c1ccccc1. The van der Waals surface area contributed by atoms with Gasteiger partial charge in [0.2, 0.25) is 0 Å². The molecule has 2 aromatic rings. The van der Waals surface area contributed by atoms with Crippen LogP contribution in [0.4, 0.5) is 0 Å². The molecule has 0 fully saturated rings. The first kappa shape index (κ1) is 13.7. The molecule has 104 valence electrons. The summed E-state index contributed by atoms with van der Waals surface area (Å²) in [5.74, 6) is 1.69. The second kappa shape index (κ2) is 6.44. The summed E-state index contributed by atoms with van der Waals surface area (Å²) >= 11 is 1.93. The van der Waals surface area contributed by atoms with Crippen molar-refractivity contribution in [1.82, 2.24) is 5.32 Å². The van der Waals surface area contributed by atoms with E-state index in [0.717, 1.165) is 17.9 Å². The molecule has 1 heterocycles.